The number of hydrogen-bond acceptors (Lipinski definition) is 4. The van der Waals surface area contributed by atoms with Crippen molar-refractivity contribution >= 4 is 22.9 Å². The highest BCUT2D eigenvalue weighted by Gasteiger charge is 2.14. The van der Waals surface area contributed by atoms with Gasteiger partial charge >= 0.3 is 5.97 Å². The number of esters is 1. The number of carbonyl (C=O) groups excluding carboxylic acids is 1. The molecule has 1 aromatic heterocycles. The molecule has 0 radical (unpaired) electrons. The lowest BCUT2D eigenvalue weighted by molar-refractivity contribution is -0.148. The molecule has 5 heteroatoms. The molecule has 0 atom stereocenters. The van der Waals surface area contributed by atoms with Crippen molar-refractivity contribution in [1.82, 2.24) is 4.57 Å². The van der Waals surface area contributed by atoms with Gasteiger partial charge in [-0.2, -0.15) is 0 Å². The predicted octanol–water partition coefficient (Wildman–Crippen LogP) is 4.57. The van der Waals surface area contributed by atoms with Gasteiger partial charge in [0.15, 0.2) is 0 Å². The minimum absolute atomic E-state index is 0.00329. The molecule has 0 amide bonds. The van der Waals surface area contributed by atoms with Crippen molar-refractivity contribution in [2.45, 2.75) is 39.5 Å². The van der Waals surface area contributed by atoms with E-state index in [1.807, 2.05) is 79.9 Å². The van der Waals surface area contributed by atoms with Crippen LogP contribution in [0.5, 0.6) is 5.75 Å². The van der Waals surface area contributed by atoms with Gasteiger partial charge in [-0.25, -0.2) is 4.79 Å². The summed E-state index contributed by atoms with van der Waals surface area (Å²) in [6, 6.07) is 17.8. The second-order valence-electron chi connectivity index (χ2n) is 7.81. The van der Waals surface area contributed by atoms with E-state index in [-0.39, 0.29) is 6.61 Å². The fraction of sp³-hybridized carbons (Fsp3) is 0.292. The highest BCUT2D eigenvalue weighted by atomic mass is 16.6. The number of rotatable bonds is 7. The third-order valence-corrected chi connectivity index (χ3v) is 4.27. The van der Waals surface area contributed by atoms with Crippen LogP contribution >= 0.6 is 0 Å². The molecule has 0 spiro atoms. The van der Waals surface area contributed by atoms with Crippen LogP contribution in [-0.4, -0.2) is 27.9 Å². The summed E-state index contributed by atoms with van der Waals surface area (Å²) in [5.41, 5.74) is 2.35. The van der Waals surface area contributed by atoms with Crippen LogP contribution in [0.4, 0.5) is 0 Å². The number of ether oxygens (including phenoxy) is 2. The smallest absolute Gasteiger partial charge is 0.331 e. The summed E-state index contributed by atoms with van der Waals surface area (Å²) in [6.45, 7) is 6.43. The number of aromatic nitrogens is 1. The van der Waals surface area contributed by atoms with Gasteiger partial charge in [-0.15, -0.1) is 0 Å². The fourth-order valence-corrected chi connectivity index (χ4v) is 3.08. The zero-order chi connectivity index (χ0) is 20.9. The summed E-state index contributed by atoms with van der Waals surface area (Å²) >= 11 is 0. The van der Waals surface area contributed by atoms with Gasteiger partial charge in [0, 0.05) is 29.2 Å². The second-order valence-corrected chi connectivity index (χ2v) is 7.81. The molecule has 2 aromatic carbocycles. The van der Waals surface area contributed by atoms with Crippen LogP contribution in [0.15, 0.2) is 60.7 Å². The molecule has 0 aliphatic carbocycles. The Balaban J connectivity index is 1.82. The lowest BCUT2D eigenvalue weighted by Crippen LogP contribution is -2.22. The Morgan fingerprint density at radius 2 is 1.86 bits per heavy atom. The number of aliphatic hydroxyl groups excluding tert-OH is 1. The highest BCUT2D eigenvalue weighted by molar-refractivity contribution is 5.90. The van der Waals surface area contributed by atoms with Crippen LogP contribution in [0, 0.1) is 0 Å². The molecule has 5 nitrogen and oxygen atoms in total. The number of aliphatic hydroxyl groups is 1. The molecule has 0 aliphatic rings. The molecule has 1 heterocycles. The zero-order valence-corrected chi connectivity index (χ0v) is 17.1. The van der Waals surface area contributed by atoms with Crippen molar-refractivity contribution in [1.29, 1.82) is 0 Å². The van der Waals surface area contributed by atoms with Crippen LogP contribution in [0.3, 0.4) is 0 Å². The van der Waals surface area contributed by atoms with Crippen molar-refractivity contribution < 1.29 is 19.4 Å². The summed E-state index contributed by atoms with van der Waals surface area (Å²) < 4.78 is 13.2. The SMILES string of the molecule is CC(C)(C)OC(=O)/C=C/c1cc2cc(OCc3ccccc3)ccc2n1CCO. The maximum Gasteiger partial charge on any atom is 0.331 e. The standard InChI is InChI=1S/C24H27NO4/c1-24(2,3)29-23(27)12-9-20-15-19-16-21(10-11-22(19)25(20)13-14-26)28-17-18-7-5-4-6-8-18/h4-12,15-16,26H,13-14,17H2,1-3H3/b12-9+. The summed E-state index contributed by atoms with van der Waals surface area (Å²) in [5.74, 6) is 0.371. The Labute approximate surface area is 171 Å². The third-order valence-electron chi connectivity index (χ3n) is 4.27. The molecule has 0 saturated carbocycles. The number of fused-ring (bicyclic) bond motifs is 1. The van der Waals surface area contributed by atoms with Crippen LogP contribution in [0.2, 0.25) is 0 Å². The molecule has 1 N–H and O–H groups in total. The van der Waals surface area contributed by atoms with Crippen LogP contribution < -0.4 is 4.74 Å². The fourth-order valence-electron chi connectivity index (χ4n) is 3.08. The van der Waals surface area contributed by atoms with Gasteiger partial charge in [0.05, 0.1) is 6.61 Å². The quantitative estimate of drug-likeness (QED) is 0.472. The molecule has 29 heavy (non-hydrogen) atoms. The largest absolute Gasteiger partial charge is 0.489 e. The maximum atomic E-state index is 12.0. The van der Waals surface area contributed by atoms with E-state index in [4.69, 9.17) is 9.47 Å². The number of benzene rings is 2. The molecule has 0 unspecified atom stereocenters. The lowest BCUT2D eigenvalue weighted by atomic mass is 10.2. The van der Waals surface area contributed by atoms with Gasteiger partial charge in [-0.3, -0.25) is 0 Å². The first-order valence-electron chi connectivity index (χ1n) is 9.68. The lowest BCUT2D eigenvalue weighted by Gasteiger charge is -2.17. The average molecular weight is 393 g/mol. The van der Waals surface area contributed by atoms with E-state index >= 15 is 0 Å². The minimum Gasteiger partial charge on any atom is -0.489 e. The van der Waals surface area contributed by atoms with Crippen molar-refractivity contribution in [3.8, 4) is 5.75 Å². The molecule has 152 valence electrons. The summed E-state index contributed by atoms with van der Waals surface area (Å²) in [5, 5.41) is 10.4. The van der Waals surface area contributed by atoms with E-state index in [1.54, 1.807) is 6.08 Å². The van der Waals surface area contributed by atoms with E-state index in [2.05, 4.69) is 0 Å². The highest BCUT2D eigenvalue weighted by Crippen LogP contribution is 2.26. The van der Waals surface area contributed by atoms with Gasteiger partial charge in [0.2, 0.25) is 0 Å². The predicted molar refractivity (Wildman–Crippen MR) is 115 cm³/mol. The Morgan fingerprint density at radius 3 is 2.55 bits per heavy atom. The van der Waals surface area contributed by atoms with Gasteiger partial charge < -0.3 is 19.1 Å². The Kier molecular flexibility index (Phi) is 6.39. The second kappa shape index (κ2) is 8.97. The third kappa shape index (κ3) is 5.72. The summed E-state index contributed by atoms with van der Waals surface area (Å²) in [4.78, 5) is 12.0. The maximum absolute atomic E-state index is 12.0. The van der Waals surface area contributed by atoms with Gasteiger partial charge in [-0.1, -0.05) is 30.3 Å². The van der Waals surface area contributed by atoms with Crippen molar-refractivity contribution in [2.24, 2.45) is 0 Å². The van der Waals surface area contributed by atoms with E-state index in [0.717, 1.165) is 27.9 Å². The van der Waals surface area contributed by atoms with Crippen molar-refractivity contribution in [3.63, 3.8) is 0 Å². The van der Waals surface area contributed by atoms with E-state index in [0.29, 0.717) is 13.2 Å². The first-order chi connectivity index (χ1) is 13.9. The molecular weight excluding hydrogens is 366 g/mol. The van der Waals surface area contributed by atoms with Crippen LogP contribution in [-0.2, 0) is 22.7 Å². The Morgan fingerprint density at radius 1 is 1.10 bits per heavy atom. The first kappa shape index (κ1) is 20.7. The Bertz CT molecular complexity index is 997. The van der Waals surface area contributed by atoms with Gasteiger partial charge in [0.25, 0.3) is 0 Å². The van der Waals surface area contributed by atoms with E-state index in [1.165, 1.54) is 6.08 Å². The molecule has 3 aromatic rings. The first-order valence-corrected chi connectivity index (χ1v) is 9.68. The zero-order valence-electron chi connectivity index (χ0n) is 17.1. The van der Waals surface area contributed by atoms with E-state index in [9.17, 15) is 9.90 Å². The van der Waals surface area contributed by atoms with Crippen molar-refractivity contribution in [3.05, 3.63) is 71.9 Å². The Hall–Kier alpha value is -3.05. The monoisotopic (exact) mass is 393 g/mol. The normalized spacial score (nSPS) is 11.9. The van der Waals surface area contributed by atoms with E-state index < -0.39 is 11.6 Å². The number of nitrogens with zero attached hydrogens (tertiary/aromatic N) is 1. The van der Waals surface area contributed by atoms with Crippen LogP contribution in [0.25, 0.3) is 17.0 Å². The topological polar surface area (TPSA) is 60.7 Å². The molecule has 3 rings (SSSR count). The molecule has 0 aliphatic heterocycles. The molecular formula is C24H27NO4. The summed E-state index contributed by atoms with van der Waals surface area (Å²) in [7, 11) is 0. The number of carbonyl (C=O) groups is 1. The van der Waals surface area contributed by atoms with Crippen molar-refractivity contribution in [2.75, 3.05) is 6.61 Å². The average Bonchev–Trinajstić information content (AvgIpc) is 3.01. The van der Waals surface area contributed by atoms with Gasteiger partial charge in [0.1, 0.15) is 18.0 Å². The molecule has 0 fully saturated rings. The van der Waals surface area contributed by atoms with Gasteiger partial charge in [-0.05, 0) is 56.7 Å². The number of hydrogen-bond donors (Lipinski definition) is 1. The molecule has 0 bridgehead atoms. The minimum atomic E-state index is -0.537. The molecule has 0 saturated heterocycles. The van der Waals surface area contributed by atoms with Crippen LogP contribution in [0.1, 0.15) is 32.0 Å². The summed E-state index contributed by atoms with van der Waals surface area (Å²) in [6.07, 6.45) is 3.13.